The monoisotopic (exact) mass is 567 g/mol. The number of likely N-dealkylation sites (N-methyl/N-ethyl adjacent to an activating group) is 2. The zero-order valence-electron chi connectivity index (χ0n) is 17.2. The molecule has 0 amide bonds. The summed E-state index contributed by atoms with van der Waals surface area (Å²) in [5.74, 6) is 0.329. The van der Waals surface area contributed by atoms with Crippen LogP contribution in [0.25, 0.3) is 0 Å². The third-order valence-corrected chi connectivity index (χ3v) is 3.18. The van der Waals surface area contributed by atoms with E-state index in [2.05, 4.69) is 69.1 Å². The van der Waals surface area contributed by atoms with Crippen LogP contribution in [0.15, 0.2) is 48.5 Å². The van der Waals surface area contributed by atoms with E-state index >= 15 is 0 Å². The fraction of sp³-hybridized carbons (Fsp3) is 0.318. The summed E-state index contributed by atoms with van der Waals surface area (Å²) in [4.78, 5) is 4.51. The molecule has 29 heavy (non-hydrogen) atoms. The van der Waals surface area contributed by atoms with Crippen LogP contribution in [0.4, 0.5) is 0 Å². The molecule has 0 saturated heterocycles. The summed E-state index contributed by atoms with van der Waals surface area (Å²) in [6.45, 7) is 18.7. The second kappa shape index (κ2) is 26.1. The normalized spacial score (nSPS) is 8.14. The number of phenols is 1. The van der Waals surface area contributed by atoms with E-state index in [1.54, 1.807) is 12.1 Å². The van der Waals surface area contributed by atoms with Gasteiger partial charge in [0.1, 0.15) is 5.75 Å². The first kappa shape index (κ1) is 34.6. The van der Waals surface area contributed by atoms with Gasteiger partial charge >= 0.3 is 33.9 Å². The molecular weight excluding hydrogens is 540 g/mol. The Morgan fingerprint density at radius 3 is 1.76 bits per heavy atom. The molecule has 0 radical (unpaired) electrons. The van der Waals surface area contributed by atoms with E-state index < -0.39 is 0 Å². The zero-order valence-corrected chi connectivity index (χ0v) is 20.1. The van der Waals surface area contributed by atoms with Crippen molar-refractivity contribution in [3.8, 4) is 5.75 Å². The maximum absolute atomic E-state index is 8.76. The van der Waals surface area contributed by atoms with E-state index in [9.17, 15) is 0 Å². The second-order valence-electron chi connectivity index (χ2n) is 5.76. The summed E-state index contributed by atoms with van der Waals surface area (Å²) in [5.41, 5.74) is 2.43. The Balaban J connectivity index is -0.000000178. The van der Waals surface area contributed by atoms with Crippen molar-refractivity contribution in [2.24, 2.45) is 0 Å². The van der Waals surface area contributed by atoms with E-state index in [0.29, 0.717) is 5.75 Å². The molecular formula is C22H27N2O4W-. The third-order valence-electron chi connectivity index (χ3n) is 3.18. The van der Waals surface area contributed by atoms with Gasteiger partial charge in [-0.25, -0.2) is 0 Å². The summed E-state index contributed by atoms with van der Waals surface area (Å²) in [5, 5.41) is 8.76. The Morgan fingerprint density at radius 1 is 0.862 bits per heavy atom. The molecule has 0 aromatic heterocycles. The smallest absolute Gasteiger partial charge is 0 e. The number of hydrogen-bond donors (Lipinski definition) is 1. The maximum Gasteiger partial charge on any atom is 0 e. The predicted octanol–water partition coefficient (Wildman–Crippen LogP) is 3.07. The zero-order chi connectivity index (χ0) is 22.4. The molecule has 0 bridgehead atoms. The van der Waals surface area contributed by atoms with Gasteiger partial charge in [0.15, 0.2) is 0 Å². The number of hydrogen-bond acceptors (Lipinski definition) is 3. The topological polar surface area (TPSA) is 86.4 Å². The van der Waals surface area contributed by atoms with Crippen molar-refractivity contribution in [2.45, 2.75) is 13.5 Å². The van der Waals surface area contributed by atoms with Gasteiger partial charge in [-0.1, -0.05) is 17.7 Å². The molecule has 2 aromatic carbocycles. The number of nitrogens with zero attached hydrogens (tertiary/aromatic N) is 2. The third kappa shape index (κ3) is 24.0. The van der Waals surface area contributed by atoms with Gasteiger partial charge in [0, 0.05) is 40.7 Å². The van der Waals surface area contributed by atoms with E-state index in [4.69, 9.17) is 19.1 Å². The van der Waals surface area contributed by atoms with Gasteiger partial charge in [0.2, 0.25) is 0 Å². The van der Waals surface area contributed by atoms with E-state index in [0.717, 1.165) is 19.6 Å². The molecule has 0 aliphatic heterocycles. The van der Waals surface area contributed by atoms with Gasteiger partial charge in [-0.15, -0.1) is 5.56 Å². The first-order valence-electron chi connectivity index (χ1n) is 8.13. The van der Waals surface area contributed by atoms with Crippen LogP contribution in [0.1, 0.15) is 11.1 Å². The Bertz CT molecular complexity index is 606. The van der Waals surface area contributed by atoms with Crippen LogP contribution in [-0.2, 0) is 41.6 Å². The number of phenolic OH excluding ortho intramolecular Hbond substituents is 1. The second-order valence-corrected chi connectivity index (χ2v) is 5.76. The molecule has 0 saturated carbocycles. The molecule has 0 aliphatic rings. The van der Waals surface area contributed by atoms with Crippen LogP contribution in [0, 0.1) is 32.9 Å². The molecule has 1 N–H and O–H groups in total. The van der Waals surface area contributed by atoms with Crippen molar-refractivity contribution in [1.29, 1.82) is 0 Å². The Morgan fingerprint density at radius 2 is 1.38 bits per heavy atom. The van der Waals surface area contributed by atoms with Crippen LogP contribution in [0.2, 0.25) is 0 Å². The number of aryl methyl sites for hydroxylation is 1. The first-order valence-corrected chi connectivity index (χ1v) is 8.13. The maximum atomic E-state index is 8.76. The summed E-state index contributed by atoms with van der Waals surface area (Å²) in [6, 6.07) is 18.5. The largest absolute Gasteiger partial charge is 0 e. The standard InChI is InChI=1S/C12H19N2.C7H8O.3CO.W/c1-13(2)9-10-14(3)11-12-7-5-4-6-8-12;1-6-2-4-7(8)5-3-6;3*1-2;/h4-7H,9-11H2,1-3H3;2-5,8H,1H3;;;;/q-1;;;;;. The van der Waals surface area contributed by atoms with Crippen LogP contribution >= 0.6 is 0 Å². The molecule has 7 heteroatoms. The SMILES string of the molecule is CN(C)CCN(C)Cc1[c-]cccc1.Cc1ccc(O)cc1.[C-]#[O+].[C-]#[O+].[C-]#[O+].[W]. The molecule has 0 spiro atoms. The minimum atomic E-state index is 0. The van der Waals surface area contributed by atoms with Gasteiger partial charge in [-0.2, -0.15) is 30.3 Å². The van der Waals surface area contributed by atoms with Crippen molar-refractivity contribution >= 4 is 0 Å². The molecule has 0 atom stereocenters. The summed E-state index contributed by atoms with van der Waals surface area (Å²) < 4.78 is 22.5. The minimum Gasteiger partial charge on any atom is 0 e. The number of benzene rings is 2. The number of rotatable bonds is 5. The van der Waals surface area contributed by atoms with Crippen LogP contribution in [0.5, 0.6) is 5.75 Å². The summed E-state index contributed by atoms with van der Waals surface area (Å²) in [7, 11) is 6.34. The molecule has 0 unspecified atom stereocenters. The minimum absolute atomic E-state index is 0. The van der Waals surface area contributed by atoms with Crippen molar-refractivity contribution in [1.82, 2.24) is 9.80 Å². The Hall–Kier alpha value is -1.93. The Kier molecular flexibility index (Phi) is 31.1. The van der Waals surface area contributed by atoms with Gasteiger partial charge < -0.3 is 14.9 Å². The van der Waals surface area contributed by atoms with Gasteiger partial charge in [0.05, 0.1) is 0 Å². The number of aromatic hydroxyl groups is 1. The molecule has 6 nitrogen and oxygen atoms in total. The van der Waals surface area contributed by atoms with Crippen LogP contribution < -0.4 is 0 Å². The van der Waals surface area contributed by atoms with Crippen molar-refractivity contribution in [2.75, 3.05) is 34.2 Å². The molecule has 0 fully saturated rings. The molecule has 2 rings (SSSR count). The predicted molar refractivity (Wildman–Crippen MR) is 105 cm³/mol. The van der Waals surface area contributed by atoms with Crippen molar-refractivity contribution in [3.05, 3.63) is 85.7 Å². The van der Waals surface area contributed by atoms with E-state index in [1.165, 1.54) is 11.1 Å². The van der Waals surface area contributed by atoms with Gasteiger partial charge in [-0.05, 0) is 40.2 Å². The molecule has 0 aliphatic carbocycles. The average molecular weight is 567 g/mol. The fourth-order valence-electron chi connectivity index (χ4n) is 1.81. The quantitative estimate of drug-likeness (QED) is 0.446. The molecule has 156 valence electrons. The van der Waals surface area contributed by atoms with Crippen molar-refractivity contribution in [3.63, 3.8) is 0 Å². The first-order chi connectivity index (χ1) is 13.5. The summed E-state index contributed by atoms with van der Waals surface area (Å²) in [6.07, 6.45) is 0. The van der Waals surface area contributed by atoms with Crippen LogP contribution in [-0.4, -0.2) is 49.1 Å². The Labute approximate surface area is 189 Å². The molecule has 0 heterocycles. The van der Waals surface area contributed by atoms with Gasteiger partial charge in [-0.3, -0.25) is 0 Å². The summed E-state index contributed by atoms with van der Waals surface area (Å²) >= 11 is 0. The fourth-order valence-corrected chi connectivity index (χ4v) is 1.81. The molecule has 2 aromatic rings. The van der Waals surface area contributed by atoms with Crippen molar-refractivity contribution < 1.29 is 40.1 Å². The average Bonchev–Trinajstić information content (AvgIpc) is 2.74. The van der Waals surface area contributed by atoms with Gasteiger partial charge in [0.25, 0.3) is 0 Å². The van der Waals surface area contributed by atoms with E-state index in [-0.39, 0.29) is 21.1 Å². The van der Waals surface area contributed by atoms with Crippen LogP contribution in [0.3, 0.4) is 0 Å². The van der Waals surface area contributed by atoms with E-state index in [1.807, 2.05) is 31.2 Å².